The molecule has 1 aromatic heterocycles. The van der Waals surface area contributed by atoms with E-state index in [1.807, 2.05) is 60.7 Å². The zero-order valence-electron chi connectivity index (χ0n) is 19.7. The first-order chi connectivity index (χ1) is 16.6. The van der Waals surface area contributed by atoms with Gasteiger partial charge in [0.1, 0.15) is 17.2 Å². The van der Waals surface area contributed by atoms with Gasteiger partial charge in [0.25, 0.3) is 5.91 Å². The number of rotatable bonds is 10. The predicted octanol–water partition coefficient (Wildman–Crippen LogP) is 6.09. The molecule has 7 heteroatoms. The topological polar surface area (TPSA) is 54.9 Å². The molecule has 0 bridgehead atoms. The third-order valence-corrected chi connectivity index (χ3v) is 6.72. The fraction of sp³-hybridized carbons (Fsp3) is 0.259. The predicted molar refractivity (Wildman–Crippen MR) is 139 cm³/mol. The number of carbonyl (C=O) groups is 1. The molecular weight excluding hydrogens is 446 g/mol. The van der Waals surface area contributed by atoms with Crippen LogP contribution in [0.3, 0.4) is 0 Å². The summed E-state index contributed by atoms with van der Waals surface area (Å²) in [6, 6.07) is 22.6. The number of likely N-dealkylation sites (N-methyl/N-ethyl adjacent to an activating group) is 1. The van der Waals surface area contributed by atoms with Crippen LogP contribution in [-0.2, 0) is 0 Å². The number of ether oxygens (including phenoxy) is 2. The highest BCUT2D eigenvalue weighted by Crippen LogP contribution is 2.32. The molecule has 0 atom stereocenters. The lowest BCUT2D eigenvalue weighted by Gasteiger charge is -2.24. The quantitative estimate of drug-likeness (QED) is 0.278. The summed E-state index contributed by atoms with van der Waals surface area (Å²) >= 11 is 1.50. The van der Waals surface area contributed by atoms with E-state index >= 15 is 0 Å². The minimum atomic E-state index is -0.0792. The summed E-state index contributed by atoms with van der Waals surface area (Å²) in [6.07, 6.45) is 0. The molecule has 6 nitrogen and oxygen atoms in total. The van der Waals surface area contributed by atoms with E-state index in [0.717, 1.165) is 41.3 Å². The number of para-hydroxylation sites is 1. The fourth-order valence-corrected chi connectivity index (χ4v) is 4.66. The SMILES string of the molecule is CCN(CC)CCN(C(=O)c1ccc(Oc2ccccc2)cc1)c1nc2ccc(OC)cc2s1. The summed E-state index contributed by atoms with van der Waals surface area (Å²) in [6.45, 7) is 7.45. The summed E-state index contributed by atoms with van der Waals surface area (Å²) in [5.74, 6) is 2.14. The Balaban J connectivity index is 1.59. The summed E-state index contributed by atoms with van der Waals surface area (Å²) in [7, 11) is 1.65. The molecule has 0 fully saturated rings. The van der Waals surface area contributed by atoms with Crippen LogP contribution < -0.4 is 14.4 Å². The van der Waals surface area contributed by atoms with Gasteiger partial charge in [-0.2, -0.15) is 0 Å². The highest BCUT2D eigenvalue weighted by molar-refractivity contribution is 7.22. The number of amides is 1. The number of carbonyl (C=O) groups excluding carboxylic acids is 1. The van der Waals surface area contributed by atoms with E-state index in [9.17, 15) is 4.79 Å². The minimum Gasteiger partial charge on any atom is -0.497 e. The molecule has 4 aromatic rings. The summed E-state index contributed by atoms with van der Waals surface area (Å²) in [5.41, 5.74) is 1.45. The van der Waals surface area contributed by atoms with Crippen molar-refractivity contribution in [2.45, 2.75) is 13.8 Å². The van der Waals surface area contributed by atoms with Gasteiger partial charge < -0.3 is 14.4 Å². The monoisotopic (exact) mass is 475 g/mol. The smallest absolute Gasteiger partial charge is 0.260 e. The zero-order chi connectivity index (χ0) is 23.9. The lowest BCUT2D eigenvalue weighted by atomic mass is 10.2. The Labute approximate surface area is 204 Å². The Hall–Kier alpha value is -3.42. The normalized spacial score (nSPS) is 11.1. The molecule has 0 N–H and O–H groups in total. The third-order valence-electron chi connectivity index (χ3n) is 5.67. The highest BCUT2D eigenvalue weighted by Gasteiger charge is 2.22. The van der Waals surface area contributed by atoms with Gasteiger partial charge in [-0.25, -0.2) is 4.98 Å². The van der Waals surface area contributed by atoms with Crippen molar-refractivity contribution in [2.75, 3.05) is 38.2 Å². The molecule has 0 unspecified atom stereocenters. The highest BCUT2D eigenvalue weighted by atomic mass is 32.1. The van der Waals surface area contributed by atoms with Crippen molar-refractivity contribution >= 4 is 32.6 Å². The van der Waals surface area contributed by atoms with Crippen molar-refractivity contribution in [1.29, 1.82) is 0 Å². The maximum absolute atomic E-state index is 13.6. The van der Waals surface area contributed by atoms with Gasteiger partial charge in [0.05, 0.1) is 17.3 Å². The van der Waals surface area contributed by atoms with Crippen molar-refractivity contribution in [1.82, 2.24) is 9.88 Å². The molecule has 0 aliphatic carbocycles. The van der Waals surface area contributed by atoms with Crippen molar-refractivity contribution < 1.29 is 14.3 Å². The van der Waals surface area contributed by atoms with Crippen molar-refractivity contribution in [2.24, 2.45) is 0 Å². The second kappa shape index (κ2) is 11.1. The molecule has 0 radical (unpaired) electrons. The van der Waals surface area contributed by atoms with Crippen LogP contribution in [0.25, 0.3) is 10.2 Å². The van der Waals surface area contributed by atoms with Gasteiger partial charge in [-0.15, -0.1) is 0 Å². The van der Waals surface area contributed by atoms with Crippen molar-refractivity contribution in [3.8, 4) is 17.2 Å². The van der Waals surface area contributed by atoms with Crippen LogP contribution in [0, 0.1) is 0 Å². The summed E-state index contributed by atoms with van der Waals surface area (Å²) in [5, 5.41) is 0.685. The number of aromatic nitrogens is 1. The molecule has 0 aliphatic heterocycles. The number of thiazole rings is 1. The van der Waals surface area contributed by atoms with Gasteiger partial charge >= 0.3 is 0 Å². The van der Waals surface area contributed by atoms with Crippen LogP contribution in [0.1, 0.15) is 24.2 Å². The van der Waals surface area contributed by atoms with Crippen LogP contribution in [0.2, 0.25) is 0 Å². The number of benzene rings is 3. The number of anilines is 1. The molecule has 1 amide bonds. The Morgan fingerprint density at radius 2 is 1.56 bits per heavy atom. The van der Waals surface area contributed by atoms with Gasteiger partial charge in [-0.1, -0.05) is 43.4 Å². The van der Waals surface area contributed by atoms with E-state index < -0.39 is 0 Å². The molecule has 176 valence electrons. The van der Waals surface area contributed by atoms with Gasteiger partial charge in [0.2, 0.25) is 0 Å². The standard InChI is InChI=1S/C27H29N3O3S/c1-4-29(5-2)17-18-30(27-28-24-16-15-23(32-3)19-25(24)34-27)26(31)20-11-13-22(14-12-20)33-21-9-7-6-8-10-21/h6-16,19H,4-5,17-18H2,1-3H3. The molecule has 1 heterocycles. The lowest BCUT2D eigenvalue weighted by Crippen LogP contribution is -2.38. The zero-order valence-corrected chi connectivity index (χ0v) is 20.5. The fourth-order valence-electron chi connectivity index (χ4n) is 3.65. The number of hydrogen-bond donors (Lipinski definition) is 0. The van der Waals surface area contributed by atoms with E-state index in [-0.39, 0.29) is 5.91 Å². The van der Waals surface area contributed by atoms with E-state index in [2.05, 4.69) is 18.7 Å². The second-order valence-corrected chi connectivity index (χ2v) is 8.76. The maximum Gasteiger partial charge on any atom is 0.260 e. The number of fused-ring (bicyclic) bond motifs is 1. The van der Waals surface area contributed by atoms with E-state index in [4.69, 9.17) is 14.5 Å². The van der Waals surface area contributed by atoms with Gasteiger partial charge in [0.15, 0.2) is 5.13 Å². The van der Waals surface area contributed by atoms with Gasteiger partial charge in [-0.3, -0.25) is 9.69 Å². The molecule has 0 saturated carbocycles. The Bertz CT molecular complexity index is 1220. The second-order valence-electron chi connectivity index (χ2n) is 7.75. The Morgan fingerprint density at radius 3 is 2.24 bits per heavy atom. The minimum absolute atomic E-state index is 0.0792. The van der Waals surface area contributed by atoms with Crippen molar-refractivity contribution in [3.05, 3.63) is 78.4 Å². The van der Waals surface area contributed by atoms with Crippen LogP contribution in [-0.4, -0.2) is 49.1 Å². The first kappa shape index (κ1) is 23.7. The molecule has 3 aromatic carbocycles. The molecule has 0 saturated heterocycles. The van der Waals surface area contributed by atoms with Crippen molar-refractivity contribution in [3.63, 3.8) is 0 Å². The summed E-state index contributed by atoms with van der Waals surface area (Å²) in [4.78, 5) is 22.5. The van der Waals surface area contributed by atoms with Crippen LogP contribution in [0.15, 0.2) is 72.8 Å². The number of nitrogens with zero attached hydrogens (tertiary/aromatic N) is 3. The van der Waals surface area contributed by atoms with E-state index in [1.165, 1.54) is 11.3 Å². The van der Waals surface area contributed by atoms with E-state index in [0.29, 0.717) is 23.0 Å². The van der Waals surface area contributed by atoms with E-state index in [1.54, 1.807) is 24.1 Å². The lowest BCUT2D eigenvalue weighted by molar-refractivity contribution is 0.0984. The first-order valence-electron chi connectivity index (χ1n) is 11.4. The van der Waals surface area contributed by atoms with Gasteiger partial charge in [-0.05, 0) is 67.7 Å². The average Bonchev–Trinajstić information content (AvgIpc) is 3.30. The maximum atomic E-state index is 13.6. The molecule has 0 spiro atoms. The Kier molecular flexibility index (Phi) is 7.77. The number of methoxy groups -OCH3 is 1. The number of hydrogen-bond acceptors (Lipinski definition) is 6. The van der Waals surface area contributed by atoms with Crippen LogP contribution in [0.5, 0.6) is 17.2 Å². The van der Waals surface area contributed by atoms with Crippen LogP contribution >= 0.6 is 11.3 Å². The third kappa shape index (κ3) is 5.55. The van der Waals surface area contributed by atoms with Crippen LogP contribution in [0.4, 0.5) is 5.13 Å². The Morgan fingerprint density at radius 1 is 0.882 bits per heavy atom. The van der Waals surface area contributed by atoms with Gasteiger partial charge in [0, 0.05) is 18.7 Å². The molecule has 4 rings (SSSR count). The molecule has 0 aliphatic rings. The molecule has 34 heavy (non-hydrogen) atoms. The average molecular weight is 476 g/mol. The first-order valence-corrected chi connectivity index (χ1v) is 12.2. The largest absolute Gasteiger partial charge is 0.497 e. The summed E-state index contributed by atoms with van der Waals surface area (Å²) < 4.78 is 12.2. The molecular formula is C27H29N3O3S.